The van der Waals surface area contributed by atoms with E-state index in [4.69, 9.17) is 11.6 Å². The number of benzene rings is 1. The Bertz CT molecular complexity index is 758. The molecule has 0 aliphatic carbocycles. The van der Waals surface area contributed by atoms with Crippen molar-refractivity contribution in [3.8, 4) is 11.3 Å². The largest absolute Gasteiger partial charge is 0.338 e. The first kappa shape index (κ1) is 18.9. The molecule has 2 aromatic rings. The third kappa shape index (κ3) is 4.46. The Hall–Kier alpha value is -1.85. The fourth-order valence-corrected chi connectivity index (χ4v) is 3.56. The molecule has 1 aliphatic rings. The van der Waals surface area contributed by atoms with Gasteiger partial charge in [0.1, 0.15) is 0 Å². The monoisotopic (exact) mass is 374 g/mol. The number of aromatic nitrogens is 2. The van der Waals surface area contributed by atoms with Crippen molar-refractivity contribution in [1.82, 2.24) is 20.0 Å². The number of aromatic amines is 1. The lowest BCUT2D eigenvalue weighted by Gasteiger charge is -2.28. The van der Waals surface area contributed by atoms with Gasteiger partial charge in [0.2, 0.25) is 5.91 Å². The van der Waals surface area contributed by atoms with E-state index < -0.39 is 0 Å². The topological polar surface area (TPSA) is 52.2 Å². The van der Waals surface area contributed by atoms with Gasteiger partial charge in [0.05, 0.1) is 5.69 Å². The normalized spacial score (nSPS) is 13.9. The molecule has 1 aliphatic heterocycles. The number of nitrogens with one attached hydrogen (secondary N) is 1. The molecule has 26 heavy (non-hydrogen) atoms. The van der Waals surface area contributed by atoms with Crippen LogP contribution < -0.4 is 0 Å². The highest BCUT2D eigenvalue weighted by atomic mass is 35.5. The van der Waals surface area contributed by atoms with Gasteiger partial charge >= 0.3 is 0 Å². The van der Waals surface area contributed by atoms with Gasteiger partial charge in [-0.1, -0.05) is 37.1 Å². The van der Waals surface area contributed by atoms with Gasteiger partial charge in [-0.3, -0.25) is 9.89 Å². The third-order valence-corrected chi connectivity index (χ3v) is 5.22. The van der Waals surface area contributed by atoms with Crippen molar-refractivity contribution in [3.05, 3.63) is 40.5 Å². The number of hydrogen-bond acceptors (Lipinski definition) is 3. The highest BCUT2D eigenvalue weighted by Gasteiger charge is 2.25. The van der Waals surface area contributed by atoms with Crippen molar-refractivity contribution in [1.29, 1.82) is 0 Å². The van der Waals surface area contributed by atoms with Crippen LogP contribution in [0.5, 0.6) is 0 Å². The molecule has 1 N–H and O–H groups in total. The second-order valence-electron chi connectivity index (χ2n) is 7.01. The van der Waals surface area contributed by atoms with Gasteiger partial charge in [-0.25, -0.2) is 0 Å². The number of rotatable bonds is 7. The van der Waals surface area contributed by atoms with Gasteiger partial charge in [0.25, 0.3) is 0 Å². The van der Waals surface area contributed by atoms with Crippen LogP contribution in [0.25, 0.3) is 11.3 Å². The lowest BCUT2D eigenvalue weighted by atomic mass is 10.0. The lowest BCUT2D eigenvalue weighted by Crippen LogP contribution is -2.37. The van der Waals surface area contributed by atoms with Crippen molar-refractivity contribution in [2.45, 2.75) is 39.2 Å². The zero-order chi connectivity index (χ0) is 18.5. The molecule has 140 valence electrons. The molecule has 1 amide bonds. The molecule has 0 fully saturated rings. The molecule has 2 heterocycles. The molecule has 0 bridgehead atoms. The van der Waals surface area contributed by atoms with E-state index >= 15 is 0 Å². The smallest absolute Gasteiger partial charge is 0.224 e. The van der Waals surface area contributed by atoms with Gasteiger partial charge in [0, 0.05) is 54.3 Å². The number of unbranched alkanes of at least 4 members (excludes halogenated alkanes) is 1. The van der Waals surface area contributed by atoms with Crippen LogP contribution in [0, 0.1) is 0 Å². The van der Waals surface area contributed by atoms with E-state index in [0.717, 1.165) is 48.6 Å². The van der Waals surface area contributed by atoms with E-state index in [1.165, 1.54) is 12.8 Å². The minimum absolute atomic E-state index is 0.220. The Balaban J connectivity index is 1.65. The van der Waals surface area contributed by atoms with E-state index in [9.17, 15) is 4.79 Å². The van der Waals surface area contributed by atoms with Crippen molar-refractivity contribution in [3.63, 3.8) is 0 Å². The highest BCUT2D eigenvalue weighted by molar-refractivity contribution is 6.30. The van der Waals surface area contributed by atoms with Gasteiger partial charge in [-0.05, 0) is 32.1 Å². The second kappa shape index (κ2) is 8.69. The molecular weight excluding hydrogens is 348 g/mol. The summed E-state index contributed by atoms with van der Waals surface area (Å²) in [6.45, 7) is 5.42. The molecule has 0 saturated heterocycles. The lowest BCUT2D eigenvalue weighted by molar-refractivity contribution is -0.132. The molecular formula is C20H27ClN4O. The molecule has 1 aromatic carbocycles. The van der Waals surface area contributed by atoms with Gasteiger partial charge in [-0.2, -0.15) is 5.10 Å². The molecule has 1 aromatic heterocycles. The van der Waals surface area contributed by atoms with Crippen LogP contribution in [0.3, 0.4) is 0 Å². The second-order valence-corrected chi connectivity index (χ2v) is 7.45. The van der Waals surface area contributed by atoms with E-state index in [1.54, 1.807) is 0 Å². The Labute approximate surface area is 160 Å². The Morgan fingerprint density at radius 2 is 2.23 bits per heavy atom. The Kier molecular flexibility index (Phi) is 6.33. The van der Waals surface area contributed by atoms with Crippen molar-refractivity contribution < 1.29 is 4.79 Å². The van der Waals surface area contributed by atoms with E-state index in [1.807, 2.05) is 29.2 Å². The summed E-state index contributed by atoms with van der Waals surface area (Å²) in [5.74, 6) is 0.220. The van der Waals surface area contributed by atoms with E-state index in [2.05, 4.69) is 29.1 Å². The molecule has 0 saturated carbocycles. The van der Waals surface area contributed by atoms with Gasteiger partial charge < -0.3 is 9.80 Å². The van der Waals surface area contributed by atoms with Crippen LogP contribution in [-0.4, -0.2) is 52.6 Å². The number of hydrogen-bond donors (Lipinski definition) is 1. The molecule has 0 atom stereocenters. The zero-order valence-electron chi connectivity index (χ0n) is 15.6. The number of fused-ring (bicyclic) bond motifs is 1. The Morgan fingerprint density at radius 1 is 1.38 bits per heavy atom. The summed E-state index contributed by atoms with van der Waals surface area (Å²) in [4.78, 5) is 16.9. The average Bonchev–Trinajstić information content (AvgIpc) is 3.07. The minimum Gasteiger partial charge on any atom is -0.338 e. The number of amides is 1. The summed E-state index contributed by atoms with van der Waals surface area (Å²) in [5.41, 5.74) is 4.14. The molecule has 0 radical (unpaired) electrons. The maximum absolute atomic E-state index is 12.7. The minimum atomic E-state index is 0.220. The van der Waals surface area contributed by atoms with Crippen molar-refractivity contribution in [2.75, 3.05) is 26.7 Å². The van der Waals surface area contributed by atoms with Crippen LogP contribution in [0.2, 0.25) is 5.02 Å². The Morgan fingerprint density at radius 3 is 3.00 bits per heavy atom. The number of carbonyl (C=O) groups is 1. The summed E-state index contributed by atoms with van der Waals surface area (Å²) in [5, 5.41) is 8.31. The fraction of sp³-hybridized carbons (Fsp3) is 0.500. The van der Waals surface area contributed by atoms with Crippen LogP contribution in [0.1, 0.15) is 37.4 Å². The van der Waals surface area contributed by atoms with Crippen molar-refractivity contribution >= 4 is 17.5 Å². The van der Waals surface area contributed by atoms with Crippen LogP contribution >= 0.6 is 11.6 Å². The van der Waals surface area contributed by atoms with E-state index in [-0.39, 0.29) is 5.91 Å². The van der Waals surface area contributed by atoms with Crippen LogP contribution in [0.4, 0.5) is 0 Å². The summed E-state index contributed by atoms with van der Waals surface area (Å²) < 4.78 is 0. The summed E-state index contributed by atoms with van der Waals surface area (Å²) in [6.07, 6.45) is 3.75. The first-order chi connectivity index (χ1) is 12.6. The zero-order valence-corrected chi connectivity index (χ0v) is 16.4. The maximum atomic E-state index is 12.7. The fourth-order valence-electron chi connectivity index (χ4n) is 3.37. The molecule has 3 rings (SSSR count). The SMILES string of the molecule is CCCCN(C)CCC(=O)N1CCc2[nH]nc(-c3cccc(Cl)c3)c2C1. The standard InChI is InChI=1S/C20H27ClN4O/c1-3-4-10-24(2)11-9-19(26)25-12-8-18-17(14-25)20(23-22-18)15-6-5-7-16(21)13-15/h5-7,13H,3-4,8-12,14H2,1-2H3,(H,22,23). The predicted molar refractivity (Wildman–Crippen MR) is 105 cm³/mol. The first-order valence-electron chi connectivity index (χ1n) is 9.37. The number of carbonyl (C=O) groups excluding carboxylic acids is 1. The maximum Gasteiger partial charge on any atom is 0.224 e. The molecule has 5 nitrogen and oxygen atoms in total. The van der Waals surface area contributed by atoms with Gasteiger partial charge in [0.15, 0.2) is 0 Å². The molecule has 0 spiro atoms. The number of H-pyrrole nitrogens is 1. The average molecular weight is 375 g/mol. The van der Waals surface area contributed by atoms with E-state index in [0.29, 0.717) is 18.0 Å². The van der Waals surface area contributed by atoms with Crippen molar-refractivity contribution in [2.24, 2.45) is 0 Å². The number of nitrogens with zero attached hydrogens (tertiary/aromatic N) is 3. The quantitative estimate of drug-likeness (QED) is 0.803. The van der Waals surface area contributed by atoms with Gasteiger partial charge in [-0.15, -0.1) is 0 Å². The summed E-state index contributed by atoms with van der Waals surface area (Å²) in [6, 6.07) is 7.71. The first-order valence-corrected chi connectivity index (χ1v) is 9.74. The van der Waals surface area contributed by atoms with Crippen LogP contribution in [0.15, 0.2) is 24.3 Å². The highest BCUT2D eigenvalue weighted by Crippen LogP contribution is 2.29. The van der Waals surface area contributed by atoms with Crippen LogP contribution in [-0.2, 0) is 17.8 Å². The predicted octanol–water partition coefficient (Wildman–Crippen LogP) is 3.74. The molecule has 6 heteroatoms. The number of halogens is 1. The molecule has 0 unspecified atom stereocenters. The summed E-state index contributed by atoms with van der Waals surface area (Å²) >= 11 is 6.12. The summed E-state index contributed by atoms with van der Waals surface area (Å²) in [7, 11) is 2.09. The third-order valence-electron chi connectivity index (χ3n) is 4.99.